The molecule has 0 saturated heterocycles. The first-order valence-corrected chi connectivity index (χ1v) is 7.18. The second kappa shape index (κ2) is 14.2. The van der Waals surface area contributed by atoms with Gasteiger partial charge in [0.25, 0.3) is 0 Å². The van der Waals surface area contributed by atoms with E-state index in [9.17, 15) is 4.79 Å². The zero-order chi connectivity index (χ0) is 13.5. The zero-order valence-electron chi connectivity index (χ0n) is 11.8. The molecule has 0 spiro atoms. The van der Waals surface area contributed by atoms with Crippen molar-refractivity contribution in [3.8, 4) is 0 Å². The predicted molar refractivity (Wildman–Crippen MR) is 74.6 cm³/mol. The topological polar surface area (TPSA) is 35.5 Å². The maximum atomic E-state index is 10.7. The number of carbonyl (C=O) groups is 1. The molecule has 106 valence electrons. The van der Waals surface area contributed by atoms with Crippen molar-refractivity contribution in [1.29, 1.82) is 0 Å². The van der Waals surface area contributed by atoms with Crippen LogP contribution in [0.15, 0.2) is 12.7 Å². The van der Waals surface area contributed by atoms with Gasteiger partial charge in [-0.2, -0.15) is 0 Å². The lowest BCUT2D eigenvalue weighted by atomic mass is 10.1. The minimum absolute atomic E-state index is 0.324. The molecule has 0 fully saturated rings. The van der Waals surface area contributed by atoms with Gasteiger partial charge in [-0.1, -0.05) is 45.6 Å². The van der Waals surface area contributed by atoms with E-state index in [1.165, 1.54) is 38.2 Å². The van der Waals surface area contributed by atoms with Crippen molar-refractivity contribution in [2.24, 2.45) is 0 Å². The Hall–Kier alpha value is -0.830. The molecule has 0 rings (SSSR count). The summed E-state index contributed by atoms with van der Waals surface area (Å²) in [6, 6.07) is 0. The number of carbonyl (C=O) groups excluding carboxylic acids is 1. The van der Waals surface area contributed by atoms with Gasteiger partial charge in [-0.3, -0.25) is 0 Å². The lowest BCUT2D eigenvalue weighted by Crippen LogP contribution is -2.01. The number of ether oxygens (including phenoxy) is 2. The third kappa shape index (κ3) is 13.2. The van der Waals surface area contributed by atoms with Crippen LogP contribution in [0.5, 0.6) is 0 Å². The predicted octanol–water partition coefficient (Wildman–Crippen LogP) is 3.87. The van der Waals surface area contributed by atoms with Gasteiger partial charge in [-0.15, -0.1) is 0 Å². The molecule has 0 N–H and O–H groups in total. The van der Waals surface area contributed by atoms with Crippen LogP contribution < -0.4 is 0 Å². The van der Waals surface area contributed by atoms with Gasteiger partial charge in [0.15, 0.2) is 0 Å². The van der Waals surface area contributed by atoms with Crippen LogP contribution in [0, 0.1) is 0 Å². The number of esters is 1. The van der Waals surface area contributed by atoms with E-state index in [-0.39, 0.29) is 5.97 Å². The van der Waals surface area contributed by atoms with Crippen molar-refractivity contribution in [3.05, 3.63) is 12.7 Å². The van der Waals surface area contributed by atoms with E-state index in [2.05, 4.69) is 13.5 Å². The van der Waals surface area contributed by atoms with Crippen LogP contribution >= 0.6 is 0 Å². The Morgan fingerprint density at radius 3 is 2.11 bits per heavy atom. The molecular weight excluding hydrogens is 228 g/mol. The highest BCUT2D eigenvalue weighted by Gasteiger charge is 1.95. The maximum Gasteiger partial charge on any atom is 0.330 e. The summed E-state index contributed by atoms with van der Waals surface area (Å²) in [5.41, 5.74) is 0. The fraction of sp³-hybridized carbons (Fsp3) is 0.800. The smallest absolute Gasteiger partial charge is 0.330 e. The number of hydrogen-bond acceptors (Lipinski definition) is 3. The summed E-state index contributed by atoms with van der Waals surface area (Å²) in [5, 5.41) is 0. The molecule has 0 bridgehead atoms. The van der Waals surface area contributed by atoms with Crippen molar-refractivity contribution < 1.29 is 14.3 Å². The molecule has 0 radical (unpaired) electrons. The van der Waals surface area contributed by atoms with E-state index in [1.54, 1.807) is 0 Å². The second-order valence-electron chi connectivity index (χ2n) is 4.46. The lowest BCUT2D eigenvalue weighted by molar-refractivity contribution is -0.137. The molecule has 0 aliphatic rings. The highest BCUT2D eigenvalue weighted by Crippen LogP contribution is 2.04. The number of unbranched alkanes of at least 4 members (excludes halogenated alkanes) is 6. The zero-order valence-corrected chi connectivity index (χ0v) is 11.8. The Bertz CT molecular complexity index is 202. The van der Waals surface area contributed by atoms with Gasteiger partial charge in [0, 0.05) is 19.3 Å². The average Bonchev–Trinajstić information content (AvgIpc) is 2.39. The van der Waals surface area contributed by atoms with E-state index in [0.717, 1.165) is 32.5 Å². The summed E-state index contributed by atoms with van der Waals surface area (Å²) in [5.74, 6) is -0.324. The normalized spacial score (nSPS) is 10.3. The molecule has 0 unspecified atom stereocenters. The summed E-state index contributed by atoms with van der Waals surface area (Å²) in [4.78, 5) is 10.7. The van der Waals surface area contributed by atoms with Crippen LogP contribution in [0.25, 0.3) is 0 Å². The summed E-state index contributed by atoms with van der Waals surface area (Å²) < 4.78 is 10.4. The quantitative estimate of drug-likeness (QED) is 0.285. The number of rotatable bonds is 13. The summed E-state index contributed by atoms with van der Waals surface area (Å²) >= 11 is 0. The fourth-order valence-corrected chi connectivity index (χ4v) is 1.62. The standard InChI is InChI=1S/C15H28O3/c1-3-5-9-12-17-13-10-7-6-8-11-14-18-15(16)4-2/h4H,2-3,5-14H2,1H3. The van der Waals surface area contributed by atoms with Crippen molar-refractivity contribution in [2.45, 2.75) is 58.3 Å². The fourth-order valence-electron chi connectivity index (χ4n) is 1.62. The minimum atomic E-state index is -0.324. The molecule has 0 aromatic heterocycles. The summed E-state index contributed by atoms with van der Waals surface area (Å²) in [6.45, 7) is 7.85. The summed E-state index contributed by atoms with van der Waals surface area (Å²) in [7, 11) is 0. The molecule has 0 aliphatic heterocycles. The molecule has 3 heteroatoms. The minimum Gasteiger partial charge on any atom is -0.463 e. The average molecular weight is 256 g/mol. The molecule has 0 saturated carbocycles. The molecule has 0 atom stereocenters. The van der Waals surface area contributed by atoms with E-state index >= 15 is 0 Å². The van der Waals surface area contributed by atoms with Crippen LogP contribution in [-0.4, -0.2) is 25.8 Å². The van der Waals surface area contributed by atoms with Crippen LogP contribution in [-0.2, 0) is 14.3 Å². The van der Waals surface area contributed by atoms with Crippen LogP contribution in [0.3, 0.4) is 0 Å². The molecule has 0 aromatic carbocycles. The van der Waals surface area contributed by atoms with E-state index < -0.39 is 0 Å². The van der Waals surface area contributed by atoms with Gasteiger partial charge < -0.3 is 9.47 Å². The first kappa shape index (κ1) is 17.2. The van der Waals surface area contributed by atoms with Crippen molar-refractivity contribution in [1.82, 2.24) is 0 Å². The third-order valence-electron chi connectivity index (χ3n) is 2.74. The Balaban J connectivity index is 2.98. The molecule has 0 amide bonds. The Morgan fingerprint density at radius 1 is 0.944 bits per heavy atom. The Labute approximate surface area is 112 Å². The largest absolute Gasteiger partial charge is 0.463 e. The van der Waals surface area contributed by atoms with Crippen LogP contribution in [0.2, 0.25) is 0 Å². The van der Waals surface area contributed by atoms with Gasteiger partial charge in [-0.05, 0) is 19.3 Å². The SMILES string of the molecule is C=CC(=O)OCCCCCCCOCCCCC. The highest BCUT2D eigenvalue weighted by molar-refractivity contribution is 5.81. The maximum absolute atomic E-state index is 10.7. The molecule has 0 aromatic rings. The van der Waals surface area contributed by atoms with Gasteiger partial charge >= 0.3 is 5.97 Å². The van der Waals surface area contributed by atoms with Crippen LogP contribution in [0.4, 0.5) is 0 Å². The van der Waals surface area contributed by atoms with E-state index in [1.807, 2.05) is 0 Å². The van der Waals surface area contributed by atoms with Crippen LogP contribution in [0.1, 0.15) is 58.3 Å². The molecule has 0 aliphatic carbocycles. The third-order valence-corrected chi connectivity index (χ3v) is 2.74. The van der Waals surface area contributed by atoms with E-state index in [0.29, 0.717) is 6.61 Å². The number of hydrogen-bond donors (Lipinski definition) is 0. The second-order valence-corrected chi connectivity index (χ2v) is 4.46. The van der Waals surface area contributed by atoms with Crippen molar-refractivity contribution in [2.75, 3.05) is 19.8 Å². The van der Waals surface area contributed by atoms with Gasteiger partial charge in [-0.25, -0.2) is 4.79 Å². The van der Waals surface area contributed by atoms with Gasteiger partial charge in [0.1, 0.15) is 0 Å². The molecule has 18 heavy (non-hydrogen) atoms. The molecule has 3 nitrogen and oxygen atoms in total. The van der Waals surface area contributed by atoms with Crippen molar-refractivity contribution >= 4 is 5.97 Å². The highest BCUT2D eigenvalue weighted by atomic mass is 16.5. The summed E-state index contributed by atoms with van der Waals surface area (Å²) in [6.07, 6.45) is 10.5. The van der Waals surface area contributed by atoms with Crippen molar-refractivity contribution in [3.63, 3.8) is 0 Å². The molecule has 0 heterocycles. The first-order valence-electron chi connectivity index (χ1n) is 7.18. The van der Waals surface area contributed by atoms with E-state index in [4.69, 9.17) is 9.47 Å². The Kier molecular flexibility index (Phi) is 13.6. The molecular formula is C15H28O3. The Morgan fingerprint density at radius 2 is 1.50 bits per heavy atom. The van der Waals surface area contributed by atoms with Gasteiger partial charge in [0.05, 0.1) is 6.61 Å². The van der Waals surface area contributed by atoms with Gasteiger partial charge in [0.2, 0.25) is 0 Å². The first-order chi connectivity index (χ1) is 8.81. The lowest BCUT2D eigenvalue weighted by Gasteiger charge is -2.04. The monoisotopic (exact) mass is 256 g/mol.